The normalized spacial score (nSPS) is 11.3. The zero-order chi connectivity index (χ0) is 20.1. The second kappa shape index (κ2) is 8.34. The van der Waals surface area contributed by atoms with Gasteiger partial charge >= 0.3 is 0 Å². The number of rotatable bonds is 7. The molecule has 0 bridgehead atoms. The van der Waals surface area contributed by atoms with E-state index in [1.54, 1.807) is 23.0 Å². The van der Waals surface area contributed by atoms with Gasteiger partial charge in [0.25, 0.3) is 5.91 Å². The number of hydrazone groups is 1. The van der Waals surface area contributed by atoms with Gasteiger partial charge in [0.15, 0.2) is 5.69 Å². The SMILES string of the molecule is C=NN/C=C(\C)c1ccc2c(C(=O)NCc3cc(F)cc(OC)c3)ncn2c1. The van der Waals surface area contributed by atoms with Gasteiger partial charge in [-0.2, -0.15) is 5.10 Å². The number of pyridine rings is 1. The number of fused-ring (bicyclic) bond motifs is 1. The molecule has 0 spiro atoms. The van der Waals surface area contributed by atoms with Crippen LogP contribution in [0.25, 0.3) is 11.1 Å². The first-order valence-electron chi connectivity index (χ1n) is 8.48. The third-order valence-corrected chi connectivity index (χ3v) is 4.19. The number of aromatic nitrogens is 2. The van der Waals surface area contributed by atoms with Crippen LogP contribution in [0.2, 0.25) is 0 Å². The molecular formula is C20H20FN5O2. The van der Waals surface area contributed by atoms with Gasteiger partial charge in [0.1, 0.15) is 17.9 Å². The first kappa shape index (κ1) is 19.1. The second-order valence-electron chi connectivity index (χ2n) is 6.10. The van der Waals surface area contributed by atoms with Gasteiger partial charge in [-0.15, -0.1) is 0 Å². The lowest BCUT2D eigenvalue weighted by molar-refractivity contribution is 0.0948. The predicted molar refractivity (Wildman–Crippen MR) is 106 cm³/mol. The van der Waals surface area contributed by atoms with Gasteiger partial charge in [-0.1, -0.05) is 6.07 Å². The Morgan fingerprint density at radius 2 is 2.21 bits per heavy atom. The lowest BCUT2D eigenvalue weighted by atomic mass is 10.1. The Morgan fingerprint density at radius 1 is 1.39 bits per heavy atom. The van der Waals surface area contributed by atoms with Crippen LogP contribution < -0.4 is 15.5 Å². The largest absolute Gasteiger partial charge is 0.497 e. The molecule has 28 heavy (non-hydrogen) atoms. The Morgan fingerprint density at radius 3 is 2.96 bits per heavy atom. The molecule has 2 heterocycles. The summed E-state index contributed by atoms with van der Waals surface area (Å²) in [6, 6.07) is 8.01. The lowest BCUT2D eigenvalue weighted by Crippen LogP contribution is -2.23. The average molecular weight is 381 g/mol. The summed E-state index contributed by atoms with van der Waals surface area (Å²) in [7, 11) is 1.46. The van der Waals surface area contributed by atoms with Crippen molar-refractivity contribution in [1.82, 2.24) is 20.1 Å². The molecule has 2 aromatic heterocycles. The predicted octanol–water partition coefficient (Wildman–Crippen LogP) is 2.98. The van der Waals surface area contributed by atoms with E-state index in [0.29, 0.717) is 22.5 Å². The van der Waals surface area contributed by atoms with Gasteiger partial charge in [0.05, 0.1) is 12.6 Å². The zero-order valence-electron chi connectivity index (χ0n) is 15.6. The number of amides is 1. The smallest absolute Gasteiger partial charge is 0.272 e. The van der Waals surface area contributed by atoms with Crippen molar-refractivity contribution in [2.75, 3.05) is 7.11 Å². The highest BCUT2D eigenvalue weighted by Crippen LogP contribution is 2.18. The molecule has 8 heteroatoms. The lowest BCUT2D eigenvalue weighted by Gasteiger charge is -2.07. The molecule has 0 saturated carbocycles. The summed E-state index contributed by atoms with van der Waals surface area (Å²) in [5.41, 5.74) is 6.15. The Labute approximate surface area is 161 Å². The van der Waals surface area contributed by atoms with E-state index in [1.165, 1.54) is 19.2 Å². The van der Waals surface area contributed by atoms with Crippen molar-refractivity contribution in [3.63, 3.8) is 0 Å². The third kappa shape index (κ3) is 4.17. The molecule has 2 N–H and O–H groups in total. The number of carbonyl (C=O) groups excluding carboxylic acids is 1. The Kier molecular flexibility index (Phi) is 5.69. The minimum absolute atomic E-state index is 0.159. The molecule has 0 aliphatic heterocycles. The highest BCUT2D eigenvalue weighted by Gasteiger charge is 2.14. The molecule has 0 aliphatic carbocycles. The summed E-state index contributed by atoms with van der Waals surface area (Å²) >= 11 is 0. The van der Waals surface area contributed by atoms with Crippen molar-refractivity contribution >= 4 is 23.7 Å². The monoisotopic (exact) mass is 381 g/mol. The number of nitrogens with zero attached hydrogens (tertiary/aromatic N) is 3. The van der Waals surface area contributed by atoms with E-state index in [0.717, 1.165) is 11.1 Å². The van der Waals surface area contributed by atoms with Crippen LogP contribution in [-0.4, -0.2) is 29.1 Å². The van der Waals surface area contributed by atoms with E-state index >= 15 is 0 Å². The molecular weight excluding hydrogens is 361 g/mol. The van der Waals surface area contributed by atoms with Crippen molar-refractivity contribution in [3.8, 4) is 5.75 Å². The molecule has 144 valence electrons. The highest BCUT2D eigenvalue weighted by atomic mass is 19.1. The number of carbonyl (C=O) groups is 1. The summed E-state index contributed by atoms with van der Waals surface area (Å²) in [5, 5.41) is 6.33. The zero-order valence-corrected chi connectivity index (χ0v) is 15.6. The van der Waals surface area contributed by atoms with Crippen LogP contribution in [0.3, 0.4) is 0 Å². The van der Waals surface area contributed by atoms with Crippen molar-refractivity contribution < 1.29 is 13.9 Å². The summed E-state index contributed by atoms with van der Waals surface area (Å²) < 4.78 is 20.4. The summed E-state index contributed by atoms with van der Waals surface area (Å²) in [5.74, 6) is -0.370. The van der Waals surface area contributed by atoms with Gasteiger partial charge in [0, 0.05) is 31.7 Å². The standard InChI is InChI=1S/C20H20FN5O2/c1-13(9-25-22-2)15-4-5-18-19(24-12-26(18)11-15)20(27)23-10-14-6-16(21)8-17(7-14)28-3/h4-9,11-12,25H,2,10H2,1,3H3,(H,23,27)/b13-9+. The van der Waals surface area contributed by atoms with Crippen LogP contribution in [0.5, 0.6) is 5.75 Å². The molecule has 0 aliphatic rings. The number of allylic oxidation sites excluding steroid dienone is 1. The fourth-order valence-electron chi connectivity index (χ4n) is 2.74. The fraction of sp³-hybridized carbons (Fsp3) is 0.150. The van der Waals surface area contributed by atoms with E-state index in [9.17, 15) is 9.18 Å². The van der Waals surface area contributed by atoms with E-state index in [1.807, 2.05) is 25.3 Å². The molecule has 0 fully saturated rings. The molecule has 3 rings (SSSR count). The molecule has 0 saturated heterocycles. The number of benzene rings is 1. The quantitative estimate of drug-likeness (QED) is 0.487. The minimum atomic E-state index is -0.423. The molecule has 0 unspecified atom stereocenters. The second-order valence-corrected chi connectivity index (χ2v) is 6.10. The maximum atomic E-state index is 13.6. The average Bonchev–Trinajstić information content (AvgIpc) is 3.13. The van der Waals surface area contributed by atoms with Gasteiger partial charge in [0.2, 0.25) is 0 Å². The summed E-state index contributed by atoms with van der Waals surface area (Å²) in [6.45, 7) is 5.45. The van der Waals surface area contributed by atoms with Crippen LogP contribution >= 0.6 is 0 Å². The number of ether oxygens (including phenoxy) is 1. The molecule has 1 amide bonds. The van der Waals surface area contributed by atoms with Gasteiger partial charge in [-0.05, 0) is 41.8 Å². The number of imidazole rings is 1. The summed E-state index contributed by atoms with van der Waals surface area (Å²) in [4.78, 5) is 16.7. The highest BCUT2D eigenvalue weighted by molar-refractivity contribution is 5.99. The van der Waals surface area contributed by atoms with Crippen LogP contribution in [-0.2, 0) is 6.54 Å². The van der Waals surface area contributed by atoms with Crippen LogP contribution in [0.1, 0.15) is 28.5 Å². The van der Waals surface area contributed by atoms with Gasteiger partial charge < -0.3 is 14.5 Å². The van der Waals surface area contributed by atoms with Crippen LogP contribution in [0.4, 0.5) is 4.39 Å². The molecule has 0 atom stereocenters. The maximum absolute atomic E-state index is 13.6. The van der Waals surface area contributed by atoms with Crippen molar-refractivity contribution in [2.45, 2.75) is 13.5 Å². The van der Waals surface area contributed by atoms with Gasteiger partial charge in [-0.25, -0.2) is 9.37 Å². The topological polar surface area (TPSA) is 80.0 Å². The van der Waals surface area contributed by atoms with E-state index in [2.05, 4.69) is 27.5 Å². The number of nitrogens with one attached hydrogen (secondary N) is 2. The van der Waals surface area contributed by atoms with Crippen molar-refractivity contribution in [3.05, 3.63) is 71.7 Å². The molecule has 3 aromatic rings. The Hall–Kier alpha value is -3.68. The Balaban J connectivity index is 1.77. The number of halogens is 1. The van der Waals surface area contributed by atoms with Crippen molar-refractivity contribution in [2.24, 2.45) is 5.10 Å². The van der Waals surface area contributed by atoms with E-state index < -0.39 is 5.82 Å². The van der Waals surface area contributed by atoms with Gasteiger partial charge in [-0.3, -0.25) is 10.2 Å². The molecule has 0 radical (unpaired) electrons. The van der Waals surface area contributed by atoms with Crippen LogP contribution in [0.15, 0.2) is 54.2 Å². The number of hydrogen-bond acceptors (Lipinski definition) is 5. The first-order valence-corrected chi connectivity index (χ1v) is 8.48. The van der Waals surface area contributed by atoms with Crippen LogP contribution in [0, 0.1) is 5.82 Å². The summed E-state index contributed by atoms with van der Waals surface area (Å²) in [6.07, 6.45) is 5.17. The molecule has 1 aromatic carbocycles. The number of methoxy groups -OCH3 is 1. The minimum Gasteiger partial charge on any atom is -0.497 e. The van der Waals surface area contributed by atoms with E-state index in [4.69, 9.17) is 4.74 Å². The third-order valence-electron chi connectivity index (χ3n) is 4.19. The Bertz CT molecular complexity index is 1060. The number of hydrogen-bond donors (Lipinski definition) is 2. The van der Waals surface area contributed by atoms with E-state index in [-0.39, 0.29) is 12.5 Å². The maximum Gasteiger partial charge on any atom is 0.272 e. The first-order chi connectivity index (χ1) is 13.5. The van der Waals surface area contributed by atoms with Crippen molar-refractivity contribution in [1.29, 1.82) is 0 Å². The molecule has 7 nitrogen and oxygen atoms in total. The fourth-order valence-corrected chi connectivity index (χ4v) is 2.74.